The first-order chi connectivity index (χ1) is 10.4. The van der Waals surface area contributed by atoms with Crippen molar-refractivity contribution in [1.82, 2.24) is 15.2 Å². The Morgan fingerprint density at radius 2 is 2.36 bits per heavy atom. The van der Waals surface area contributed by atoms with E-state index in [9.17, 15) is 9.18 Å². The molecule has 2 rings (SSSR count). The molecule has 7 heteroatoms. The highest BCUT2D eigenvalue weighted by Gasteiger charge is 2.35. The molecule has 1 aromatic rings. The summed E-state index contributed by atoms with van der Waals surface area (Å²) < 4.78 is 23.8. The monoisotopic (exact) mass is 311 g/mol. The number of ether oxygens (including phenoxy) is 2. The van der Waals surface area contributed by atoms with Gasteiger partial charge in [0, 0.05) is 7.11 Å². The van der Waals surface area contributed by atoms with Gasteiger partial charge in [-0.2, -0.15) is 0 Å². The van der Waals surface area contributed by atoms with Crippen LogP contribution in [-0.4, -0.2) is 54.4 Å². The van der Waals surface area contributed by atoms with Gasteiger partial charge >= 0.3 is 6.03 Å². The second-order valence-electron chi connectivity index (χ2n) is 5.96. The van der Waals surface area contributed by atoms with Crippen molar-refractivity contribution in [2.45, 2.75) is 32.1 Å². The molecule has 1 aliphatic rings. The van der Waals surface area contributed by atoms with E-state index in [0.29, 0.717) is 25.4 Å². The lowest BCUT2D eigenvalue weighted by Gasteiger charge is -2.42. The molecule has 22 heavy (non-hydrogen) atoms. The third kappa shape index (κ3) is 4.64. The van der Waals surface area contributed by atoms with Crippen molar-refractivity contribution in [1.29, 1.82) is 0 Å². The maximum absolute atomic E-state index is 12.8. The number of nitrogens with zero attached hydrogens (tertiary/aromatic N) is 2. The molecule has 1 aromatic heterocycles. The smallest absolute Gasteiger partial charge is 0.317 e. The first-order valence-corrected chi connectivity index (χ1v) is 7.19. The molecular formula is C15H22FN3O3. The summed E-state index contributed by atoms with van der Waals surface area (Å²) in [6.07, 6.45) is 0.983. The lowest BCUT2D eigenvalue weighted by atomic mass is 10.1. The van der Waals surface area contributed by atoms with Crippen molar-refractivity contribution < 1.29 is 18.7 Å². The first-order valence-electron chi connectivity index (χ1n) is 7.19. The van der Waals surface area contributed by atoms with Crippen LogP contribution in [0.5, 0.6) is 0 Å². The SMILES string of the molecule is COCC1CN(C(=O)NCc2ccc(F)cn2)CC(C)(C)O1. The Labute approximate surface area is 129 Å². The zero-order valence-corrected chi connectivity index (χ0v) is 13.1. The van der Waals surface area contributed by atoms with Crippen molar-refractivity contribution >= 4 is 6.03 Å². The van der Waals surface area contributed by atoms with E-state index in [1.807, 2.05) is 13.8 Å². The van der Waals surface area contributed by atoms with Crippen molar-refractivity contribution in [3.05, 3.63) is 29.8 Å². The standard InChI is InChI=1S/C15H22FN3O3/c1-15(2)10-19(8-13(22-15)9-21-3)14(20)18-7-12-5-4-11(16)6-17-12/h4-6,13H,7-10H2,1-3H3,(H,18,20). The highest BCUT2D eigenvalue weighted by atomic mass is 19.1. The van der Waals surface area contributed by atoms with Crippen LogP contribution in [0.1, 0.15) is 19.5 Å². The van der Waals surface area contributed by atoms with Crippen molar-refractivity contribution in [2.75, 3.05) is 26.8 Å². The molecule has 1 fully saturated rings. The minimum Gasteiger partial charge on any atom is -0.382 e. The number of carbonyl (C=O) groups is 1. The van der Waals surface area contributed by atoms with Crippen LogP contribution >= 0.6 is 0 Å². The Hall–Kier alpha value is -1.73. The van der Waals surface area contributed by atoms with Crippen molar-refractivity contribution in [3.63, 3.8) is 0 Å². The number of hydrogen-bond donors (Lipinski definition) is 1. The van der Waals surface area contributed by atoms with Gasteiger partial charge in [-0.25, -0.2) is 9.18 Å². The summed E-state index contributed by atoms with van der Waals surface area (Å²) in [6.45, 7) is 5.54. The summed E-state index contributed by atoms with van der Waals surface area (Å²) in [4.78, 5) is 17.9. The van der Waals surface area contributed by atoms with E-state index in [2.05, 4.69) is 10.3 Å². The zero-order chi connectivity index (χ0) is 16.2. The second-order valence-corrected chi connectivity index (χ2v) is 5.96. The summed E-state index contributed by atoms with van der Waals surface area (Å²) in [5, 5.41) is 2.79. The van der Waals surface area contributed by atoms with Gasteiger partial charge < -0.3 is 19.7 Å². The third-order valence-corrected chi connectivity index (χ3v) is 3.33. The number of methoxy groups -OCH3 is 1. The van der Waals surface area contributed by atoms with Crippen LogP contribution in [0.25, 0.3) is 0 Å². The Morgan fingerprint density at radius 1 is 1.59 bits per heavy atom. The van der Waals surface area contributed by atoms with Crippen LogP contribution in [0.4, 0.5) is 9.18 Å². The fourth-order valence-electron chi connectivity index (χ4n) is 2.51. The van der Waals surface area contributed by atoms with Crippen molar-refractivity contribution in [2.24, 2.45) is 0 Å². The molecule has 0 spiro atoms. The quantitative estimate of drug-likeness (QED) is 0.916. The maximum Gasteiger partial charge on any atom is 0.317 e. The molecule has 0 aliphatic carbocycles. The number of amides is 2. The minimum atomic E-state index is -0.424. The van der Waals surface area contributed by atoms with Crippen LogP contribution in [0.15, 0.2) is 18.3 Å². The van der Waals surface area contributed by atoms with Gasteiger partial charge in [0.1, 0.15) is 5.82 Å². The maximum atomic E-state index is 12.8. The molecule has 1 saturated heterocycles. The largest absolute Gasteiger partial charge is 0.382 e. The molecule has 0 bridgehead atoms. The Morgan fingerprint density at radius 3 is 3.00 bits per heavy atom. The molecule has 2 amide bonds. The van der Waals surface area contributed by atoms with Gasteiger partial charge in [0.25, 0.3) is 0 Å². The fraction of sp³-hybridized carbons (Fsp3) is 0.600. The van der Waals surface area contributed by atoms with Gasteiger partial charge in [0.05, 0.1) is 49.8 Å². The summed E-state index contributed by atoms with van der Waals surface area (Å²) in [5.41, 5.74) is 0.183. The fourth-order valence-corrected chi connectivity index (χ4v) is 2.51. The normalized spacial score (nSPS) is 20.7. The molecule has 6 nitrogen and oxygen atoms in total. The summed E-state index contributed by atoms with van der Waals surface area (Å²) in [5.74, 6) is -0.396. The molecule has 122 valence electrons. The van der Waals surface area contributed by atoms with Gasteiger partial charge in [0.2, 0.25) is 0 Å². The summed E-state index contributed by atoms with van der Waals surface area (Å²) >= 11 is 0. The van der Waals surface area contributed by atoms with E-state index < -0.39 is 11.4 Å². The number of hydrogen-bond acceptors (Lipinski definition) is 4. The van der Waals surface area contributed by atoms with Crippen molar-refractivity contribution in [3.8, 4) is 0 Å². The highest BCUT2D eigenvalue weighted by Crippen LogP contribution is 2.21. The molecule has 1 atom stereocenters. The number of rotatable bonds is 4. The number of urea groups is 1. The first kappa shape index (κ1) is 16.6. The number of halogens is 1. The average Bonchev–Trinajstić information content (AvgIpc) is 2.45. The van der Waals surface area contributed by atoms with Gasteiger partial charge in [-0.3, -0.25) is 4.98 Å². The predicted octanol–water partition coefficient (Wildman–Crippen LogP) is 1.56. The Bertz CT molecular complexity index is 507. The average molecular weight is 311 g/mol. The molecule has 0 saturated carbocycles. The number of carbonyl (C=O) groups excluding carboxylic acids is 1. The molecule has 0 radical (unpaired) electrons. The zero-order valence-electron chi connectivity index (χ0n) is 13.1. The molecule has 1 aliphatic heterocycles. The van der Waals surface area contributed by atoms with E-state index in [0.717, 1.165) is 6.20 Å². The van der Waals surface area contributed by atoms with E-state index >= 15 is 0 Å². The van der Waals surface area contributed by atoms with E-state index in [-0.39, 0.29) is 18.7 Å². The summed E-state index contributed by atoms with van der Waals surface area (Å²) in [6, 6.07) is 2.68. The minimum absolute atomic E-state index is 0.150. The number of morpholine rings is 1. The highest BCUT2D eigenvalue weighted by molar-refractivity contribution is 5.74. The van der Waals surface area contributed by atoms with E-state index in [1.54, 1.807) is 18.1 Å². The Kier molecular flexibility index (Phi) is 5.31. The lowest BCUT2D eigenvalue weighted by Crippen LogP contribution is -2.57. The van der Waals surface area contributed by atoms with Crippen LogP contribution < -0.4 is 5.32 Å². The van der Waals surface area contributed by atoms with Gasteiger partial charge in [-0.1, -0.05) is 0 Å². The lowest BCUT2D eigenvalue weighted by molar-refractivity contribution is -0.142. The van der Waals surface area contributed by atoms with E-state index in [4.69, 9.17) is 9.47 Å². The summed E-state index contributed by atoms with van der Waals surface area (Å²) in [7, 11) is 1.61. The van der Waals surface area contributed by atoms with Gasteiger partial charge in [0.15, 0.2) is 0 Å². The molecular weight excluding hydrogens is 289 g/mol. The van der Waals surface area contributed by atoms with Crippen LogP contribution in [0, 0.1) is 5.82 Å². The topological polar surface area (TPSA) is 63.7 Å². The predicted molar refractivity (Wildman–Crippen MR) is 78.8 cm³/mol. The molecule has 1 unspecified atom stereocenters. The Balaban J connectivity index is 1.91. The number of pyridine rings is 1. The number of nitrogens with one attached hydrogen (secondary N) is 1. The molecule has 1 N–H and O–H groups in total. The van der Waals surface area contributed by atoms with Crippen LogP contribution in [0.3, 0.4) is 0 Å². The number of aromatic nitrogens is 1. The van der Waals surface area contributed by atoms with E-state index in [1.165, 1.54) is 6.07 Å². The van der Waals surface area contributed by atoms with Crippen LogP contribution in [0.2, 0.25) is 0 Å². The van der Waals surface area contributed by atoms with Gasteiger partial charge in [-0.05, 0) is 26.0 Å². The molecule has 0 aromatic carbocycles. The third-order valence-electron chi connectivity index (χ3n) is 3.33. The van der Waals surface area contributed by atoms with Gasteiger partial charge in [-0.15, -0.1) is 0 Å². The second kappa shape index (κ2) is 7.02. The molecule has 2 heterocycles. The van der Waals surface area contributed by atoms with Crippen LogP contribution in [-0.2, 0) is 16.0 Å².